The van der Waals surface area contributed by atoms with Gasteiger partial charge in [0.15, 0.2) is 9.84 Å². The summed E-state index contributed by atoms with van der Waals surface area (Å²) in [6.45, 7) is 1.18. The molecule has 0 spiro atoms. The van der Waals surface area contributed by atoms with Gasteiger partial charge in [-0.05, 0) is 37.1 Å². The Morgan fingerprint density at radius 3 is 2.55 bits per heavy atom. The number of carbonyl (C=O) groups excluding carboxylic acids is 1. The molecule has 1 saturated carbocycles. The fourth-order valence-electron chi connectivity index (χ4n) is 3.36. The molecule has 1 aromatic carbocycles. The second-order valence-corrected chi connectivity index (χ2v) is 8.07. The van der Waals surface area contributed by atoms with E-state index in [9.17, 15) is 13.2 Å². The van der Waals surface area contributed by atoms with Gasteiger partial charge in [0.05, 0.1) is 23.6 Å². The van der Waals surface area contributed by atoms with E-state index in [0.717, 1.165) is 25.7 Å². The molecule has 5 nitrogen and oxygen atoms in total. The van der Waals surface area contributed by atoms with Crippen LogP contribution in [0.15, 0.2) is 29.2 Å². The number of sulfone groups is 1. The minimum Gasteiger partial charge on any atom is -0.374 e. The third-order valence-corrected chi connectivity index (χ3v) is 5.65. The molecule has 0 N–H and O–H groups in total. The molecule has 6 heteroatoms. The molecule has 1 aliphatic carbocycles. The minimum absolute atomic E-state index is 0.0275. The third-order valence-electron chi connectivity index (χ3n) is 4.52. The van der Waals surface area contributed by atoms with E-state index in [0.29, 0.717) is 18.7 Å². The molecule has 0 unspecified atom stereocenters. The Labute approximate surface area is 131 Å². The van der Waals surface area contributed by atoms with E-state index >= 15 is 0 Å². The van der Waals surface area contributed by atoms with Crippen LogP contribution in [0.3, 0.4) is 0 Å². The van der Waals surface area contributed by atoms with Crippen molar-refractivity contribution in [2.24, 2.45) is 0 Å². The lowest BCUT2D eigenvalue weighted by molar-refractivity contribution is -0.0752. The maximum atomic E-state index is 12.7. The van der Waals surface area contributed by atoms with Crippen LogP contribution in [-0.2, 0) is 14.6 Å². The molecule has 3 rings (SSSR count). The molecule has 0 radical (unpaired) electrons. The molecule has 2 fully saturated rings. The number of rotatable bonds is 2. The maximum absolute atomic E-state index is 12.7. The van der Waals surface area contributed by atoms with Crippen molar-refractivity contribution in [2.45, 2.75) is 42.7 Å². The predicted octanol–water partition coefficient (Wildman–Crippen LogP) is 1.87. The van der Waals surface area contributed by atoms with Gasteiger partial charge in [-0.2, -0.15) is 0 Å². The number of morpholine rings is 1. The molecule has 120 valence electrons. The van der Waals surface area contributed by atoms with Gasteiger partial charge in [-0.1, -0.05) is 12.8 Å². The van der Waals surface area contributed by atoms with Crippen molar-refractivity contribution in [1.82, 2.24) is 4.90 Å². The number of hydrogen-bond donors (Lipinski definition) is 0. The van der Waals surface area contributed by atoms with Gasteiger partial charge < -0.3 is 9.64 Å². The lowest BCUT2D eigenvalue weighted by Crippen LogP contribution is -2.54. The van der Waals surface area contributed by atoms with E-state index in [2.05, 4.69) is 0 Å². The van der Waals surface area contributed by atoms with Crippen LogP contribution in [0.4, 0.5) is 0 Å². The number of hydrogen-bond acceptors (Lipinski definition) is 4. The first-order chi connectivity index (χ1) is 10.5. The fraction of sp³-hybridized carbons (Fsp3) is 0.562. The summed E-state index contributed by atoms with van der Waals surface area (Å²) < 4.78 is 28.8. The Hall–Kier alpha value is -1.40. The summed E-state index contributed by atoms with van der Waals surface area (Å²) in [6, 6.07) is 6.37. The average Bonchev–Trinajstić information content (AvgIpc) is 2.53. The van der Waals surface area contributed by atoms with Crippen LogP contribution < -0.4 is 0 Å². The van der Waals surface area contributed by atoms with Crippen LogP contribution in [0, 0.1) is 0 Å². The van der Waals surface area contributed by atoms with Crippen LogP contribution in [0.2, 0.25) is 0 Å². The molecule has 1 amide bonds. The van der Waals surface area contributed by atoms with Crippen LogP contribution in [0.25, 0.3) is 0 Å². The molecule has 1 aliphatic heterocycles. The standard InChI is InChI=1S/C16H21NO4S/c1-22(19,20)13-8-6-12(7-9-13)16(18)17-10-11-21-15-5-3-2-4-14(15)17/h6-9,14-15H,2-5,10-11H2,1H3/t14-,15+/m0/s1. The summed E-state index contributed by atoms with van der Waals surface area (Å²) in [6.07, 6.45) is 5.60. The van der Waals surface area contributed by atoms with Gasteiger partial charge in [0.1, 0.15) is 0 Å². The molecule has 1 saturated heterocycles. The van der Waals surface area contributed by atoms with Crippen molar-refractivity contribution < 1.29 is 17.9 Å². The molecule has 0 bridgehead atoms. The first-order valence-corrected chi connectivity index (χ1v) is 9.58. The summed E-state index contributed by atoms with van der Waals surface area (Å²) in [5.74, 6) is -0.0275. The highest BCUT2D eigenvalue weighted by Crippen LogP contribution is 2.29. The molecule has 1 aromatic rings. The van der Waals surface area contributed by atoms with Gasteiger partial charge in [-0.3, -0.25) is 4.79 Å². The highest BCUT2D eigenvalue weighted by molar-refractivity contribution is 7.90. The summed E-state index contributed by atoms with van der Waals surface area (Å²) in [5.41, 5.74) is 0.540. The third kappa shape index (κ3) is 3.03. The molecule has 2 atom stereocenters. The number of ether oxygens (including phenoxy) is 1. The summed E-state index contributed by atoms with van der Waals surface area (Å²) in [5, 5.41) is 0. The number of benzene rings is 1. The first kappa shape index (κ1) is 15.5. The lowest BCUT2D eigenvalue weighted by atomic mass is 9.89. The van der Waals surface area contributed by atoms with E-state index in [4.69, 9.17) is 4.74 Å². The second-order valence-electron chi connectivity index (χ2n) is 6.06. The Morgan fingerprint density at radius 2 is 1.86 bits per heavy atom. The topological polar surface area (TPSA) is 63.7 Å². The zero-order chi connectivity index (χ0) is 15.7. The van der Waals surface area contributed by atoms with Gasteiger partial charge in [0.2, 0.25) is 0 Å². The van der Waals surface area contributed by atoms with Gasteiger partial charge in [0, 0.05) is 18.4 Å². The molecule has 1 heterocycles. The Morgan fingerprint density at radius 1 is 1.18 bits per heavy atom. The molecule has 0 aromatic heterocycles. The van der Waals surface area contributed by atoms with Crippen molar-refractivity contribution in [3.63, 3.8) is 0 Å². The average molecular weight is 323 g/mol. The second kappa shape index (κ2) is 6.01. The highest BCUT2D eigenvalue weighted by Gasteiger charge is 2.36. The number of amides is 1. The maximum Gasteiger partial charge on any atom is 0.254 e. The van der Waals surface area contributed by atoms with E-state index in [1.807, 2.05) is 4.90 Å². The van der Waals surface area contributed by atoms with E-state index < -0.39 is 9.84 Å². The fourth-order valence-corrected chi connectivity index (χ4v) is 3.99. The number of fused-ring (bicyclic) bond motifs is 1. The van der Waals surface area contributed by atoms with Gasteiger partial charge in [0.25, 0.3) is 5.91 Å². The van der Waals surface area contributed by atoms with Gasteiger partial charge in [-0.15, -0.1) is 0 Å². The monoisotopic (exact) mass is 323 g/mol. The number of nitrogens with zero attached hydrogens (tertiary/aromatic N) is 1. The molecule has 22 heavy (non-hydrogen) atoms. The van der Waals surface area contributed by atoms with E-state index in [1.165, 1.54) is 18.4 Å². The van der Waals surface area contributed by atoms with Crippen molar-refractivity contribution in [3.8, 4) is 0 Å². The van der Waals surface area contributed by atoms with Crippen LogP contribution >= 0.6 is 0 Å². The van der Waals surface area contributed by atoms with Crippen LogP contribution in [0.1, 0.15) is 36.0 Å². The number of carbonyl (C=O) groups is 1. The summed E-state index contributed by atoms with van der Waals surface area (Å²) in [7, 11) is -3.23. The van der Waals surface area contributed by atoms with E-state index in [-0.39, 0.29) is 22.9 Å². The normalized spacial score (nSPS) is 25.6. The van der Waals surface area contributed by atoms with Gasteiger partial charge in [-0.25, -0.2) is 8.42 Å². The van der Waals surface area contributed by atoms with Crippen molar-refractivity contribution >= 4 is 15.7 Å². The summed E-state index contributed by atoms with van der Waals surface area (Å²) >= 11 is 0. The zero-order valence-corrected chi connectivity index (χ0v) is 13.5. The largest absolute Gasteiger partial charge is 0.374 e. The summed E-state index contributed by atoms with van der Waals surface area (Å²) in [4.78, 5) is 14.9. The van der Waals surface area contributed by atoms with Crippen molar-refractivity contribution in [3.05, 3.63) is 29.8 Å². The Balaban J connectivity index is 1.80. The Kier molecular flexibility index (Phi) is 4.23. The van der Waals surface area contributed by atoms with Crippen molar-refractivity contribution in [1.29, 1.82) is 0 Å². The van der Waals surface area contributed by atoms with Crippen LogP contribution in [-0.4, -0.2) is 50.8 Å². The Bertz CT molecular complexity index is 651. The SMILES string of the molecule is CS(=O)(=O)c1ccc(C(=O)N2CCO[C@@H]3CCCC[C@@H]32)cc1. The minimum atomic E-state index is -3.23. The van der Waals surface area contributed by atoms with Crippen LogP contribution in [0.5, 0.6) is 0 Å². The molecular formula is C16H21NO4S. The van der Waals surface area contributed by atoms with E-state index in [1.54, 1.807) is 12.1 Å². The first-order valence-electron chi connectivity index (χ1n) is 7.69. The zero-order valence-electron chi connectivity index (χ0n) is 12.7. The quantitative estimate of drug-likeness (QED) is 0.833. The predicted molar refractivity (Wildman–Crippen MR) is 82.6 cm³/mol. The van der Waals surface area contributed by atoms with Crippen molar-refractivity contribution in [2.75, 3.05) is 19.4 Å². The lowest BCUT2D eigenvalue weighted by Gasteiger charge is -2.43. The molecule has 2 aliphatic rings. The van der Waals surface area contributed by atoms with Gasteiger partial charge >= 0.3 is 0 Å². The molecular weight excluding hydrogens is 302 g/mol. The highest BCUT2D eigenvalue weighted by atomic mass is 32.2. The smallest absolute Gasteiger partial charge is 0.254 e.